The van der Waals surface area contributed by atoms with E-state index in [1.165, 1.54) is 18.5 Å². The minimum absolute atomic E-state index is 0.0296. The zero-order valence-corrected chi connectivity index (χ0v) is 18.8. The number of aliphatic imine (C=N–C) groups is 1. The number of rotatable bonds is 7. The predicted molar refractivity (Wildman–Crippen MR) is 125 cm³/mol. The van der Waals surface area contributed by atoms with Gasteiger partial charge in [0.25, 0.3) is 0 Å². The monoisotopic (exact) mass is 463 g/mol. The van der Waals surface area contributed by atoms with Gasteiger partial charge < -0.3 is 15.8 Å². The van der Waals surface area contributed by atoms with E-state index in [0.29, 0.717) is 41.3 Å². The number of halogens is 1. The van der Waals surface area contributed by atoms with E-state index in [1.54, 1.807) is 4.68 Å². The smallest absolute Gasteiger partial charge is 0.185 e. The van der Waals surface area contributed by atoms with E-state index in [4.69, 9.17) is 0 Å². The molecular weight excluding hydrogens is 437 g/mol. The van der Waals surface area contributed by atoms with Crippen molar-refractivity contribution in [2.75, 3.05) is 25.6 Å². The topological polar surface area (TPSA) is 116 Å². The van der Waals surface area contributed by atoms with Crippen LogP contribution in [0.1, 0.15) is 51.3 Å². The lowest BCUT2D eigenvalue weighted by atomic mass is 9.82. The second-order valence-corrected chi connectivity index (χ2v) is 8.42. The van der Waals surface area contributed by atoms with Gasteiger partial charge in [-0.2, -0.15) is 5.10 Å². The molecule has 0 bridgehead atoms. The van der Waals surface area contributed by atoms with Gasteiger partial charge in [-0.05, 0) is 36.7 Å². The van der Waals surface area contributed by atoms with Gasteiger partial charge in [0.1, 0.15) is 24.5 Å². The van der Waals surface area contributed by atoms with Crippen molar-refractivity contribution < 1.29 is 14.3 Å². The summed E-state index contributed by atoms with van der Waals surface area (Å²) >= 11 is 0. The SMILES string of the molecule is CNCc1ccc(C2NNc3cc(F)cc4c3C(=NCC4=O)C2c2ncnn2CCCO)cc1. The standard InChI is InChI=1S/C24H26FN7O2/c1-26-11-14-3-5-15(6-4-14)22-21(24-28-13-29-32(24)7-2-8-33)23-20-17(19(34)12-27-23)9-16(25)10-18(20)30-31-22/h3-6,9-10,13,21-22,26,30-31,33H,2,7-8,11-12H2,1H3. The molecule has 2 unspecified atom stereocenters. The van der Waals surface area contributed by atoms with Gasteiger partial charge in [0.15, 0.2) is 5.78 Å². The molecule has 0 saturated carbocycles. The third kappa shape index (κ3) is 4.00. The predicted octanol–water partition coefficient (Wildman–Crippen LogP) is 1.96. The second kappa shape index (κ2) is 9.41. The van der Waals surface area contributed by atoms with Crippen molar-refractivity contribution in [1.82, 2.24) is 25.5 Å². The number of benzene rings is 2. The van der Waals surface area contributed by atoms with Crippen molar-refractivity contribution in [3.05, 3.63) is 76.6 Å². The Morgan fingerprint density at radius 2 is 2.09 bits per heavy atom. The summed E-state index contributed by atoms with van der Waals surface area (Å²) in [7, 11) is 1.90. The number of carbonyl (C=O) groups is 1. The molecule has 176 valence electrons. The summed E-state index contributed by atoms with van der Waals surface area (Å²) in [6.45, 7) is 1.21. The highest BCUT2D eigenvalue weighted by Gasteiger charge is 2.40. The lowest BCUT2D eigenvalue weighted by Gasteiger charge is -2.28. The number of aliphatic hydroxyl groups excluding tert-OH is 1. The molecule has 0 saturated heterocycles. The van der Waals surface area contributed by atoms with Crippen LogP contribution in [0.25, 0.3) is 0 Å². The van der Waals surface area contributed by atoms with Crippen LogP contribution >= 0.6 is 0 Å². The quantitative estimate of drug-likeness (QED) is 0.423. The fourth-order valence-electron chi connectivity index (χ4n) is 4.67. The largest absolute Gasteiger partial charge is 0.396 e. The van der Waals surface area contributed by atoms with E-state index in [9.17, 15) is 14.3 Å². The Labute approximate surface area is 196 Å². The zero-order valence-electron chi connectivity index (χ0n) is 18.8. The third-order valence-electron chi connectivity index (χ3n) is 6.21. The molecule has 1 aromatic heterocycles. The van der Waals surface area contributed by atoms with E-state index in [0.717, 1.165) is 17.7 Å². The molecule has 3 heterocycles. The molecule has 34 heavy (non-hydrogen) atoms. The van der Waals surface area contributed by atoms with Gasteiger partial charge in [0.2, 0.25) is 0 Å². The Bertz CT molecular complexity index is 1240. The third-order valence-corrected chi connectivity index (χ3v) is 6.21. The number of hydrogen-bond acceptors (Lipinski definition) is 8. The zero-order chi connectivity index (χ0) is 23.7. The molecule has 3 aromatic rings. The van der Waals surface area contributed by atoms with Gasteiger partial charge in [0.05, 0.1) is 23.4 Å². The molecule has 2 aliphatic heterocycles. The average Bonchev–Trinajstić information content (AvgIpc) is 3.23. The fourth-order valence-corrected chi connectivity index (χ4v) is 4.67. The number of nitrogens with one attached hydrogen (secondary N) is 3. The number of hydrazine groups is 1. The summed E-state index contributed by atoms with van der Waals surface area (Å²) in [5.74, 6) is -0.475. The molecule has 0 radical (unpaired) electrons. The first-order chi connectivity index (χ1) is 16.6. The van der Waals surface area contributed by atoms with Gasteiger partial charge in [0, 0.05) is 30.8 Å². The Morgan fingerprint density at radius 3 is 2.85 bits per heavy atom. The van der Waals surface area contributed by atoms with Crippen LogP contribution in [0, 0.1) is 5.82 Å². The van der Waals surface area contributed by atoms with Crippen molar-refractivity contribution in [2.45, 2.75) is 31.5 Å². The van der Waals surface area contributed by atoms with Crippen molar-refractivity contribution in [3.8, 4) is 0 Å². The van der Waals surface area contributed by atoms with Gasteiger partial charge in [-0.1, -0.05) is 24.3 Å². The second-order valence-electron chi connectivity index (χ2n) is 8.42. The maximum atomic E-state index is 14.4. The molecule has 0 fully saturated rings. The van der Waals surface area contributed by atoms with Crippen molar-refractivity contribution in [2.24, 2.45) is 4.99 Å². The molecule has 2 atom stereocenters. The van der Waals surface area contributed by atoms with Crippen LogP contribution in [0.2, 0.25) is 0 Å². The van der Waals surface area contributed by atoms with Crippen LogP contribution in [0.5, 0.6) is 0 Å². The highest BCUT2D eigenvalue weighted by Crippen LogP contribution is 2.40. The number of anilines is 1. The van der Waals surface area contributed by atoms with Crippen LogP contribution in [-0.2, 0) is 13.1 Å². The van der Waals surface area contributed by atoms with E-state index < -0.39 is 11.7 Å². The van der Waals surface area contributed by atoms with Gasteiger partial charge in [-0.15, -0.1) is 0 Å². The molecule has 0 aliphatic carbocycles. The number of Topliss-reactive ketones (excluding diaryl/α,β-unsaturated/α-hetero) is 1. The Balaban J connectivity index is 1.67. The van der Waals surface area contributed by atoms with Crippen LogP contribution in [0.3, 0.4) is 0 Å². The first-order valence-corrected chi connectivity index (χ1v) is 11.3. The van der Waals surface area contributed by atoms with E-state index in [-0.39, 0.29) is 25.0 Å². The van der Waals surface area contributed by atoms with Crippen LogP contribution in [-0.4, -0.2) is 51.6 Å². The molecule has 2 aromatic carbocycles. The summed E-state index contributed by atoms with van der Waals surface area (Å²) in [6, 6.07) is 10.5. The Morgan fingerprint density at radius 1 is 1.26 bits per heavy atom. The van der Waals surface area contributed by atoms with Gasteiger partial charge >= 0.3 is 0 Å². The van der Waals surface area contributed by atoms with Gasteiger partial charge in [-0.25, -0.2) is 19.5 Å². The summed E-state index contributed by atoms with van der Waals surface area (Å²) in [5.41, 5.74) is 10.6. The maximum Gasteiger partial charge on any atom is 0.185 e. The summed E-state index contributed by atoms with van der Waals surface area (Å²) in [5, 5.41) is 16.9. The molecule has 2 aliphatic rings. The van der Waals surface area contributed by atoms with E-state index in [1.807, 2.05) is 19.2 Å². The van der Waals surface area contributed by atoms with Crippen LogP contribution < -0.4 is 16.2 Å². The number of hydrogen-bond donors (Lipinski definition) is 4. The molecule has 4 N–H and O–H groups in total. The summed E-state index contributed by atoms with van der Waals surface area (Å²) in [4.78, 5) is 21.9. The Hall–Kier alpha value is -3.47. The van der Waals surface area contributed by atoms with Crippen LogP contribution in [0.15, 0.2) is 47.7 Å². The van der Waals surface area contributed by atoms with Gasteiger partial charge in [-0.3, -0.25) is 9.79 Å². The van der Waals surface area contributed by atoms with E-state index in [2.05, 4.69) is 43.4 Å². The molecule has 5 rings (SSSR count). The number of aryl methyl sites for hydroxylation is 1. The van der Waals surface area contributed by atoms with Crippen molar-refractivity contribution in [1.29, 1.82) is 0 Å². The summed E-state index contributed by atoms with van der Waals surface area (Å²) < 4.78 is 16.2. The highest BCUT2D eigenvalue weighted by atomic mass is 19.1. The molecule has 0 amide bonds. The minimum Gasteiger partial charge on any atom is -0.396 e. The Kier molecular flexibility index (Phi) is 6.18. The lowest BCUT2D eigenvalue weighted by molar-refractivity contribution is 0.0999. The van der Waals surface area contributed by atoms with E-state index >= 15 is 0 Å². The van der Waals surface area contributed by atoms with Crippen molar-refractivity contribution in [3.63, 3.8) is 0 Å². The first kappa shape index (κ1) is 22.3. The average molecular weight is 464 g/mol. The molecule has 10 heteroatoms. The molecule has 0 spiro atoms. The maximum absolute atomic E-state index is 14.4. The lowest BCUT2D eigenvalue weighted by Crippen LogP contribution is -2.35. The number of carbonyl (C=O) groups excluding carboxylic acids is 1. The minimum atomic E-state index is -0.491. The van der Waals surface area contributed by atoms with Crippen LogP contribution in [0.4, 0.5) is 10.1 Å². The molecule has 9 nitrogen and oxygen atoms in total. The number of ketones is 1. The number of aromatic nitrogens is 3. The highest BCUT2D eigenvalue weighted by molar-refractivity contribution is 6.20. The fraction of sp³-hybridized carbons (Fsp3) is 0.333. The molecular formula is C24H26FN7O2. The summed E-state index contributed by atoms with van der Waals surface area (Å²) in [6.07, 6.45) is 2.01. The number of aliphatic hydroxyl groups is 1. The first-order valence-electron chi connectivity index (χ1n) is 11.3. The normalized spacial score (nSPS) is 19.3. The van der Waals surface area contributed by atoms with Crippen molar-refractivity contribution >= 4 is 17.2 Å². The number of nitrogens with zero attached hydrogens (tertiary/aromatic N) is 4.